The van der Waals surface area contributed by atoms with Crippen LogP contribution in [0.25, 0.3) is 0 Å². The number of hydrogen-bond donors (Lipinski definition) is 2. The molecule has 0 spiro atoms. The fraction of sp³-hybridized carbons (Fsp3) is 0.700. The molecule has 0 saturated heterocycles. The topological polar surface area (TPSA) is 88.5 Å². The van der Waals surface area contributed by atoms with Crippen molar-refractivity contribution in [2.75, 3.05) is 6.61 Å². The zero-order chi connectivity index (χ0) is 16.5. The highest BCUT2D eigenvalue weighted by molar-refractivity contribution is 7.89. The summed E-state index contributed by atoms with van der Waals surface area (Å²) in [6.07, 6.45) is -4.61. The Bertz CT molecular complexity index is 590. The first-order chi connectivity index (χ1) is 9.36. The molecule has 2 N–H and O–H groups in total. The normalized spacial score (nSPS) is 13.5. The average molecular weight is 348 g/mol. The van der Waals surface area contributed by atoms with E-state index in [1.165, 1.54) is 0 Å². The molecule has 0 unspecified atom stereocenters. The fourth-order valence-electron chi connectivity index (χ4n) is 1.36. The predicted molar refractivity (Wildman–Crippen MR) is 69.7 cm³/mol. The molecule has 6 nitrogen and oxygen atoms in total. The second kappa shape index (κ2) is 6.07. The molecule has 0 aliphatic heterocycles. The standard InChI is InChI=1S/C10H15F3N2O4S2/c1-9(2,3)15-21(17,18)7-6(4-16)14-20-8(7)19-5-10(11,12)13/h15-16H,4-5H2,1-3H3. The van der Waals surface area contributed by atoms with Crippen molar-refractivity contribution in [3.05, 3.63) is 5.69 Å². The Morgan fingerprint density at radius 3 is 2.33 bits per heavy atom. The van der Waals surface area contributed by atoms with Gasteiger partial charge in [0.05, 0.1) is 6.61 Å². The lowest BCUT2D eigenvalue weighted by Crippen LogP contribution is -2.40. The van der Waals surface area contributed by atoms with E-state index in [0.29, 0.717) is 11.5 Å². The van der Waals surface area contributed by atoms with Crippen LogP contribution in [0.2, 0.25) is 0 Å². The molecule has 0 radical (unpaired) electrons. The van der Waals surface area contributed by atoms with Crippen LogP contribution in [0.5, 0.6) is 5.06 Å². The van der Waals surface area contributed by atoms with E-state index in [0.717, 1.165) is 0 Å². The molecule has 122 valence electrons. The van der Waals surface area contributed by atoms with Gasteiger partial charge in [-0.05, 0) is 20.8 Å². The lowest BCUT2D eigenvalue weighted by molar-refractivity contribution is -0.153. The van der Waals surface area contributed by atoms with Crippen molar-refractivity contribution < 1.29 is 31.4 Å². The first-order valence-electron chi connectivity index (χ1n) is 5.68. The van der Waals surface area contributed by atoms with Gasteiger partial charge in [-0.3, -0.25) is 0 Å². The van der Waals surface area contributed by atoms with Crippen LogP contribution >= 0.6 is 11.5 Å². The molecule has 0 atom stereocenters. The molecule has 1 aromatic heterocycles. The molecule has 0 saturated carbocycles. The first kappa shape index (κ1) is 18.1. The number of sulfonamides is 1. The monoisotopic (exact) mass is 348 g/mol. The molecule has 0 aromatic carbocycles. The van der Waals surface area contributed by atoms with Crippen LogP contribution in [-0.2, 0) is 16.6 Å². The van der Waals surface area contributed by atoms with Gasteiger partial charge in [0.1, 0.15) is 5.69 Å². The summed E-state index contributed by atoms with van der Waals surface area (Å²) in [5, 5.41) is 8.59. The minimum absolute atomic E-state index is 0.256. The largest absolute Gasteiger partial charge is 0.472 e. The van der Waals surface area contributed by atoms with Gasteiger partial charge in [-0.2, -0.15) is 17.5 Å². The van der Waals surface area contributed by atoms with Crippen molar-refractivity contribution >= 4 is 21.6 Å². The number of aliphatic hydroxyl groups is 1. The number of nitrogens with one attached hydrogen (secondary N) is 1. The quantitative estimate of drug-likeness (QED) is 0.845. The highest BCUT2D eigenvalue weighted by Crippen LogP contribution is 2.33. The third-order valence-corrected chi connectivity index (χ3v) is 4.68. The van der Waals surface area contributed by atoms with E-state index in [9.17, 15) is 21.6 Å². The number of aromatic nitrogens is 1. The summed E-state index contributed by atoms with van der Waals surface area (Å²) in [5.74, 6) is 0. The van der Waals surface area contributed by atoms with Crippen LogP contribution in [0, 0.1) is 0 Å². The molecule has 1 heterocycles. The molecule has 0 fully saturated rings. The van der Waals surface area contributed by atoms with E-state index in [1.54, 1.807) is 20.8 Å². The van der Waals surface area contributed by atoms with Gasteiger partial charge in [-0.15, -0.1) is 0 Å². The van der Waals surface area contributed by atoms with Crippen molar-refractivity contribution in [2.45, 2.75) is 44.0 Å². The number of nitrogens with zero attached hydrogens (tertiary/aromatic N) is 1. The predicted octanol–water partition coefficient (Wildman–Crippen LogP) is 1.65. The minimum atomic E-state index is -4.61. The lowest BCUT2D eigenvalue weighted by Gasteiger charge is -2.20. The van der Waals surface area contributed by atoms with Crippen molar-refractivity contribution in [2.24, 2.45) is 0 Å². The fourth-order valence-corrected chi connectivity index (χ4v) is 4.12. The highest BCUT2D eigenvalue weighted by atomic mass is 32.2. The molecule has 0 aliphatic carbocycles. The molecule has 0 bridgehead atoms. The summed E-state index contributed by atoms with van der Waals surface area (Å²) < 4.78 is 71.3. The van der Waals surface area contributed by atoms with Crippen LogP contribution in [0.1, 0.15) is 26.5 Å². The molecule has 21 heavy (non-hydrogen) atoms. The molecule has 1 rings (SSSR count). The number of halogens is 3. The second-order valence-corrected chi connectivity index (χ2v) is 7.52. The van der Waals surface area contributed by atoms with Gasteiger partial charge in [-0.1, -0.05) is 0 Å². The SMILES string of the molecule is CC(C)(C)NS(=O)(=O)c1c(CO)nsc1OCC(F)(F)F. The summed E-state index contributed by atoms with van der Waals surface area (Å²) >= 11 is 0.443. The summed E-state index contributed by atoms with van der Waals surface area (Å²) in [7, 11) is -4.17. The van der Waals surface area contributed by atoms with Crippen molar-refractivity contribution in [3.63, 3.8) is 0 Å². The molecule has 0 aliphatic rings. The summed E-state index contributed by atoms with van der Waals surface area (Å²) in [6.45, 7) is 2.34. The Labute approximate surface area is 124 Å². The van der Waals surface area contributed by atoms with Gasteiger partial charge in [-0.25, -0.2) is 13.1 Å². The van der Waals surface area contributed by atoms with Gasteiger partial charge >= 0.3 is 6.18 Å². The van der Waals surface area contributed by atoms with E-state index < -0.39 is 44.9 Å². The Kier molecular flexibility index (Phi) is 5.24. The van der Waals surface area contributed by atoms with Gasteiger partial charge < -0.3 is 9.84 Å². The summed E-state index contributed by atoms with van der Waals surface area (Å²) in [5.41, 5.74) is -1.11. The molecule has 11 heteroatoms. The number of hydrogen-bond acceptors (Lipinski definition) is 6. The van der Waals surface area contributed by atoms with E-state index in [4.69, 9.17) is 5.11 Å². The first-order valence-corrected chi connectivity index (χ1v) is 7.94. The van der Waals surface area contributed by atoms with Crippen LogP contribution in [-0.4, -0.2) is 36.2 Å². The lowest BCUT2D eigenvalue weighted by atomic mass is 10.1. The van der Waals surface area contributed by atoms with Crippen LogP contribution in [0.3, 0.4) is 0 Å². The Balaban J connectivity index is 3.18. The van der Waals surface area contributed by atoms with E-state index in [-0.39, 0.29) is 5.69 Å². The van der Waals surface area contributed by atoms with Crippen LogP contribution in [0.15, 0.2) is 4.90 Å². The Morgan fingerprint density at radius 2 is 1.90 bits per heavy atom. The minimum Gasteiger partial charge on any atom is -0.472 e. The molecular weight excluding hydrogens is 333 g/mol. The summed E-state index contributed by atoms with van der Waals surface area (Å²) in [6, 6.07) is 0. The number of alkyl halides is 3. The van der Waals surface area contributed by atoms with Gasteiger partial charge in [0.2, 0.25) is 15.1 Å². The van der Waals surface area contributed by atoms with Crippen molar-refractivity contribution in [1.29, 1.82) is 0 Å². The van der Waals surface area contributed by atoms with Crippen molar-refractivity contribution in [1.82, 2.24) is 9.10 Å². The molecule has 1 aromatic rings. The maximum Gasteiger partial charge on any atom is 0.422 e. The third kappa shape index (κ3) is 5.41. The van der Waals surface area contributed by atoms with Crippen molar-refractivity contribution in [3.8, 4) is 5.06 Å². The zero-order valence-corrected chi connectivity index (χ0v) is 13.1. The van der Waals surface area contributed by atoms with E-state index in [2.05, 4.69) is 13.8 Å². The number of rotatable bonds is 5. The van der Waals surface area contributed by atoms with Crippen LogP contribution < -0.4 is 9.46 Å². The van der Waals surface area contributed by atoms with Gasteiger partial charge in [0, 0.05) is 17.1 Å². The number of aliphatic hydroxyl groups excluding tert-OH is 1. The smallest absolute Gasteiger partial charge is 0.422 e. The zero-order valence-electron chi connectivity index (χ0n) is 11.5. The maximum absolute atomic E-state index is 12.2. The summed E-state index contributed by atoms with van der Waals surface area (Å²) in [4.78, 5) is -0.561. The average Bonchev–Trinajstić information content (AvgIpc) is 2.65. The van der Waals surface area contributed by atoms with Gasteiger partial charge in [0.25, 0.3) is 0 Å². The second-order valence-electron chi connectivity index (χ2n) is 5.16. The Hall–Kier alpha value is -0.910. The number of ether oxygens (including phenoxy) is 1. The van der Waals surface area contributed by atoms with E-state index in [1.807, 2.05) is 0 Å². The molecule has 0 amide bonds. The maximum atomic E-state index is 12.2. The molecular formula is C10H15F3N2O4S2. The third-order valence-electron chi connectivity index (χ3n) is 1.91. The Morgan fingerprint density at radius 1 is 1.33 bits per heavy atom. The van der Waals surface area contributed by atoms with Crippen LogP contribution in [0.4, 0.5) is 13.2 Å². The van der Waals surface area contributed by atoms with E-state index >= 15 is 0 Å². The van der Waals surface area contributed by atoms with Gasteiger partial charge in [0.15, 0.2) is 11.5 Å². The highest BCUT2D eigenvalue weighted by Gasteiger charge is 2.34.